The highest BCUT2D eigenvalue weighted by atomic mass is 35.5. The number of carbonyl (C=O) groups is 1. The van der Waals surface area contributed by atoms with E-state index in [-0.39, 0.29) is 22.9 Å². The number of carbonyl (C=O) groups excluding carboxylic acids is 1. The first kappa shape index (κ1) is 17.9. The second-order valence-electron chi connectivity index (χ2n) is 10.2. The summed E-state index contributed by atoms with van der Waals surface area (Å²) >= 11 is 13.3. The summed E-state index contributed by atoms with van der Waals surface area (Å²) in [6.45, 7) is 6.43. The first-order chi connectivity index (χ1) is 12.2. The first-order valence-corrected chi connectivity index (χ1v) is 11.2. The van der Waals surface area contributed by atoms with Crippen LogP contribution in [0.15, 0.2) is 11.6 Å². The van der Waals surface area contributed by atoms with Crippen LogP contribution in [0.4, 0.5) is 0 Å². The molecule has 0 aromatic carbocycles. The molecule has 0 bridgehead atoms. The van der Waals surface area contributed by atoms with Crippen LogP contribution in [0.1, 0.15) is 65.7 Å². The fourth-order valence-electron chi connectivity index (χ4n) is 7.90. The van der Waals surface area contributed by atoms with E-state index >= 15 is 0 Å². The molecule has 4 saturated carbocycles. The van der Waals surface area contributed by atoms with E-state index in [2.05, 4.69) is 19.9 Å². The molecule has 4 heteroatoms. The van der Waals surface area contributed by atoms with Crippen molar-refractivity contribution in [1.82, 2.24) is 0 Å². The molecule has 4 fully saturated rings. The molecule has 0 aromatic heterocycles. The minimum Gasteiger partial charge on any atom is -0.462 e. The lowest BCUT2D eigenvalue weighted by atomic mass is 9.48. The van der Waals surface area contributed by atoms with E-state index in [0.29, 0.717) is 17.8 Å². The highest BCUT2D eigenvalue weighted by Gasteiger charge is 2.71. The molecule has 144 valence electrons. The van der Waals surface area contributed by atoms with Crippen molar-refractivity contribution in [2.75, 3.05) is 0 Å². The zero-order valence-corrected chi connectivity index (χ0v) is 17.6. The van der Waals surface area contributed by atoms with E-state index < -0.39 is 4.33 Å². The topological polar surface area (TPSA) is 26.3 Å². The molecule has 0 N–H and O–H groups in total. The molecular weight excluding hydrogens is 367 g/mol. The number of alkyl halides is 2. The number of hydrogen-bond acceptors (Lipinski definition) is 2. The van der Waals surface area contributed by atoms with Crippen LogP contribution < -0.4 is 0 Å². The van der Waals surface area contributed by atoms with Gasteiger partial charge in [0, 0.05) is 24.2 Å². The van der Waals surface area contributed by atoms with Crippen molar-refractivity contribution >= 4 is 29.2 Å². The number of halogens is 2. The van der Waals surface area contributed by atoms with Gasteiger partial charge in [-0.15, -0.1) is 23.2 Å². The lowest BCUT2D eigenvalue weighted by Crippen LogP contribution is -2.51. The normalized spacial score (nSPS) is 53.5. The number of hydrogen-bond donors (Lipinski definition) is 0. The van der Waals surface area contributed by atoms with Crippen LogP contribution in [0.5, 0.6) is 0 Å². The van der Waals surface area contributed by atoms with Gasteiger partial charge in [-0.2, -0.15) is 0 Å². The van der Waals surface area contributed by atoms with E-state index in [0.717, 1.165) is 24.7 Å². The van der Waals surface area contributed by atoms with E-state index in [4.69, 9.17) is 27.9 Å². The molecule has 0 amide bonds. The Hall–Kier alpha value is -0.210. The zero-order chi connectivity index (χ0) is 18.5. The van der Waals surface area contributed by atoms with E-state index in [9.17, 15) is 4.79 Å². The van der Waals surface area contributed by atoms with Crippen LogP contribution >= 0.6 is 23.2 Å². The minimum atomic E-state index is -0.507. The molecule has 2 nitrogen and oxygen atoms in total. The van der Waals surface area contributed by atoms with Crippen molar-refractivity contribution in [3.8, 4) is 0 Å². The molecule has 8 atom stereocenters. The van der Waals surface area contributed by atoms with Crippen molar-refractivity contribution in [3.05, 3.63) is 11.6 Å². The van der Waals surface area contributed by atoms with Crippen molar-refractivity contribution in [2.24, 2.45) is 40.4 Å². The van der Waals surface area contributed by atoms with Crippen molar-refractivity contribution < 1.29 is 9.53 Å². The van der Waals surface area contributed by atoms with Crippen molar-refractivity contribution in [1.29, 1.82) is 0 Å². The predicted molar refractivity (Wildman–Crippen MR) is 104 cm³/mol. The van der Waals surface area contributed by atoms with Gasteiger partial charge >= 0.3 is 5.97 Å². The maximum Gasteiger partial charge on any atom is 0.302 e. The minimum absolute atomic E-state index is 0.113. The van der Waals surface area contributed by atoms with Crippen LogP contribution in [-0.4, -0.2) is 16.4 Å². The molecule has 0 spiro atoms. The summed E-state index contributed by atoms with van der Waals surface area (Å²) in [7, 11) is 0. The molecular formula is C22H30Cl2O2. The second-order valence-corrected chi connectivity index (χ2v) is 11.7. The highest BCUT2D eigenvalue weighted by molar-refractivity contribution is 6.51. The van der Waals surface area contributed by atoms with Crippen LogP contribution in [0, 0.1) is 40.4 Å². The lowest BCUT2D eigenvalue weighted by molar-refractivity contribution is -0.156. The predicted octanol–water partition coefficient (Wildman–Crippen LogP) is 5.91. The van der Waals surface area contributed by atoms with Gasteiger partial charge in [-0.3, -0.25) is 4.79 Å². The van der Waals surface area contributed by atoms with Gasteiger partial charge in [0.25, 0.3) is 0 Å². The fraction of sp³-hybridized carbons (Fsp3) is 0.864. The van der Waals surface area contributed by atoms with Gasteiger partial charge in [-0.05, 0) is 68.1 Å². The Morgan fingerprint density at radius 2 is 1.81 bits per heavy atom. The van der Waals surface area contributed by atoms with Gasteiger partial charge in [-0.25, -0.2) is 0 Å². The largest absolute Gasteiger partial charge is 0.462 e. The summed E-state index contributed by atoms with van der Waals surface area (Å²) in [5.74, 6) is 2.89. The summed E-state index contributed by atoms with van der Waals surface area (Å²) < 4.78 is 5.25. The highest BCUT2D eigenvalue weighted by Crippen LogP contribution is 2.75. The fourth-order valence-corrected chi connectivity index (χ4v) is 8.79. The maximum atomic E-state index is 11.6. The summed E-state index contributed by atoms with van der Waals surface area (Å²) in [5.41, 5.74) is 2.02. The van der Waals surface area contributed by atoms with Gasteiger partial charge in [0.15, 0.2) is 0 Å². The Bertz CT molecular complexity index is 686. The summed E-state index contributed by atoms with van der Waals surface area (Å²) in [6, 6.07) is 0. The van der Waals surface area contributed by atoms with Gasteiger partial charge in [0.1, 0.15) is 10.4 Å². The molecule has 0 unspecified atom stereocenters. The SMILES string of the molecule is CC(=O)O[C@@H]1CC[C@H]2[C@@H]3CC=C4[C@@H]5[C@@H](CC[C@]4(C)[C@H]3CC[C@]12C)C5(Cl)Cl. The summed E-state index contributed by atoms with van der Waals surface area (Å²) in [5, 5.41) is 0. The Morgan fingerprint density at radius 3 is 2.54 bits per heavy atom. The number of rotatable bonds is 1. The molecule has 5 aliphatic rings. The number of fused-ring (bicyclic) bond motifs is 7. The van der Waals surface area contributed by atoms with E-state index in [1.807, 2.05) is 0 Å². The molecule has 0 heterocycles. The average Bonchev–Trinajstić information content (AvgIpc) is 2.96. The molecule has 0 aromatic rings. The van der Waals surface area contributed by atoms with Gasteiger partial charge in [-0.1, -0.05) is 25.5 Å². The zero-order valence-electron chi connectivity index (χ0n) is 16.1. The van der Waals surface area contributed by atoms with Crippen LogP contribution in [0.3, 0.4) is 0 Å². The second kappa shape index (κ2) is 5.44. The van der Waals surface area contributed by atoms with Crippen LogP contribution in [0.2, 0.25) is 0 Å². The van der Waals surface area contributed by atoms with Gasteiger partial charge < -0.3 is 4.74 Å². The molecule has 5 rings (SSSR count). The standard InChI is InChI=1S/C22H30Cl2O2/c1-12(25)26-18-7-6-14-13-4-5-16-19-17(22(19,23)24)9-10-20(16,2)15(13)8-11-21(14,18)3/h5,13-15,17-19H,4,6-11H2,1-3H3/t13-,14-,15-,17+,18+,19+,20+,21-/m0/s1. The third-order valence-electron chi connectivity index (χ3n) is 9.26. The van der Waals surface area contributed by atoms with Crippen LogP contribution in [-0.2, 0) is 9.53 Å². The quantitative estimate of drug-likeness (QED) is 0.312. The first-order valence-electron chi connectivity index (χ1n) is 10.4. The monoisotopic (exact) mass is 396 g/mol. The van der Waals surface area contributed by atoms with Crippen molar-refractivity contribution in [2.45, 2.75) is 76.2 Å². The Morgan fingerprint density at radius 1 is 1.08 bits per heavy atom. The molecule has 5 aliphatic carbocycles. The average molecular weight is 397 g/mol. The molecule has 0 saturated heterocycles. The third kappa shape index (κ3) is 2.15. The third-order valence-corrected chi connectivity index (χ3v) is 10.3. The Labute approximate surface area is 167 Å². The van der Waals surface area contributed by atoms with E-state index in [1.54, 1.807) is 12.5 Å². The Kier molecular flexibility index (Phi) is 3.74. The maximum absolute atomic E-state index is 11.6. The van der Waals surface area contributed by atoms with Crippen molar-refractivity contribution in [3.63, 3.8) is 0 Å². The molecule has 0 radical (unpaired) electrons. The summed E-state index contributed by atoms with van der Waals surface area (Å²) in [4.78, 5) is 11.6. The van der Waals surface area contributed by atoms with E-state index in [1.165, 1.54) is 32.1 Å². The smallest absolute Gasteiger partial charge is 0.302 e. The summed E-state index contributed by atoms with van der Waals surface area (Å²) in [6.07, 6.45) is 10.9. The number of esters is 1. The molecule has 26 heavy (non-hydrogen) atoms. The number of allylic oxidation sites excluding steroid dienone is 2. The molecule has 0 aliphatic heterocycles. The van der Waals surface area contributed by atoms with Gasteiger partial charge in [0.2, 0.25) is 0 Å². The van der Waals surface area contributed by atoms with Crippen LogP contribution in [0.25, 0.3) is 0 Å². The van der Waals surface area contributed by atoms with Gasteiger partial charge in [0.05, 0.1) is 0 Å². The Balaban J connectivity index is 1.46. The lowest BCUT2D eigenvalue weighted by Gasteiger charge is -2.57. The number of ether oxygens (including phenoxy) is 1.